The second-order valence-electron chi connectivity index (χ2n) is 5.60. The van der Waals surface area contributed by atoms with Crippen molar-refractivity contribution < 1.29 is 14.3 Å². The van der Waals surface area contributed by atoms with Crippen LogP contribution in [0.15, 0.2) is 36.4 Å². The van der Waals surface area contributed by atoms with Gasteiger partial charge in [0.05, 0.1) is 25.2 Å². The fourth-order valence-corrected chi connectivity index (χ4v) is 3.36. The van der Waals surface area contributed by atoms with Crippen molar-refractivity contribution in [2.24, 2.45) is 0 Å². The summed E-state index contributed by atoms with van der Waals surface area (Å²) in [7, 11) is 3.21. The Hall–Kier alpha value is -1.85. The van der Waals surface area contributed by atoms with E-state index < -0.39 is 0 Å². The lowest BCUT2D eigenvalue weighted by atomic mass is 10.2. The highest BCUT2D eigenvalue weighted by molar-refractivity contribution is 7.99. The van der Waals surface area contributed by atoms with Crippen molar-refractivity contribution in [2.75, 3.05) is 19.5 Å². The summed E-state index contributed by atoms with van der Waals surface area (Å²) in [5.41, 5.74) is 2.70. The number of nitrogens with one attached hydrogen (secondary N) is 1. The predicted octanol–water partition coefficient (Wildman–Crippen LogP) is 4.93. The molecule has 134 valence electrons. The summed E-state index contributed by atoms with van der Waals surface area (Å²) in [5.74, 6) is 1.97. The Kier molecular flexibility index (Phi) is 7.02. The zero-order valence-corrected chi connectivity index (χ0v) is 16.3. The van der Waals surface area contributed by atoms with E-state index in [1.165, 1.54) is 11.8 Å². The molecule has 0 heterocycles. The molecule has 0 aliphatic carbocycles. The quantitative estimate of drug-likeness (QED) is 0.741. The fraction of sp³-hybridized carbons (Fsp3) is 0.316. The maximum Gasteiger partial charge on any atom is 0.237 e. The van der Waals surface area contributed by atoms with Crippen LogP contribution < -0.4 is 14.8 Å². The topological polar surface area (TPSA) is 47.6 Å². The molecule has 1 amide bonds. The highest BCUT2D eigenvalue weighted by Gasteiger charge is 2.17. The summed E-state index contributed by atoms with van der Waals surface area (Å²) in [4.78, 5) is 12.5. The Morgan fingerprint density at radius 1 is 1.16 bits per heavy atom. The van der Waals surface area contributed by atoms with Gasteiger partial charge in [0, 0.05) is 16.3 Å². The molecular weight excluding hydrogens is 358 g/mol. The van der Waals surface area contributed by atoms with E-state index in [4.69, 9.17) is 21.1 Å². The lowest BCUT2D eigenvalue weighted by Crippen LogP contribution is -2.23. The molecule has 2 aromatic carbocycles. The number of halogens is 1. The van der Waals surface area contributed by atoms with Crippen LogP contribution in [0.4, 0.5) is 5.69 Å². The largest absolute Gasteiger partial charge is 0.496 e. The zero-order chi connectivity index (χ0) is 18.4. The van der Waals surface area contributed by atoms with Gasteiger partial charge >= 0.3 is 0 Å². The molecule has 0 aromatic heterocycles. The van der Waals surface area contributed by atoms with E-state index in [-0.39, 0.29) is 11.2 Å². The first kappa shape index (κ1) is 19.5. The summed E-state index contributed by atoms with van der Waals surface area (Å²) in [6, 6.07) is 11.2. The van der Waals surface area contributed by atoms with Gasteiger partial charge in [-0.1, -0.05) is 17.7 Å². The summed E-state index contributed by atoms with van der Waals surface area (Å²) in [6.07, 6.45) is 0. The van der Waals surface area contributed by atoms with E-state index in [1.807, 2.05) is 44.2 Å². The Morgan fingerprint density at radius 2 is 1.84 bits per heavy atom. The number of methoxy groups -OCH3 is 2. The van der Waals surface area contributed by atoms with Crippen molar-refractivity contribution in [1.29, 1.82) is 0 Å². The van der Waals surface area contributed by atoms with Gasteiger partial charge in [0.1, 0.15) is 11.5 Å². The molecule has 4 nitrogen and oxygen atoms in total. The molecule has 0 radical (unpaired) electrons. The van der Waals surface area contributed by atoms with Crippen LogP contribution in [0.3, 0.4) is 0 Å². The number of ether oxygens (including phenoxy) is 2. The molecule has 1 atom stereocenters. The molecular formula is C19H22ClNO3S. The SMILES string of the molecule is COc1ccc(Cl)cc1CSC(C)C(=O)Nc1cc(C)ccc1OC. The molecule has 6 heteroatoms. The number of aryl methyl sites for hydroxylation is 1. The van der Waals surface area contributed by atoms with Crippen LogP contribution in [0.5, 0.6) is 11.5 Å². The molecule has 0 aliphatic rings. The number of amides is 1. The average molecular weight is 380 g/mol. The summed E-state index contributed by atoms with van der Waals surface area (Å²) >= 11 is 7.57. The molecule has 0 spiro atoms. The van der Waals surface area contributed by atoms with E-state index in [0.29, 0.717) is 22.2 Å². The van der Waals surface area contributed by atoms with Gasteiger partial charge in [-0.25, -0.2) is 0 Å². The van der Waals surface area contributed by atoms with Crippen molar-refractivity contribution in [3.63, 3.8) is 0 Å². The van der Waals surface area contributed by atoms with Crippen LogP contribution in [0.2, 0.25) is 5.02 Å². The number of anilines is 1. The lowest BCUT2D eigenvalue weighted by Gasteiger charge is -2.15. The van der Waals surface area contributed by atoms with Gasteiger partial charge in [0.15, 0.2) is 0 Å². The summed E-state index contributed by atoms with van der Waals surface area (Å²) in [6.45, 7) is 3.85. The minimum atomic E-state index is -0.242. The Labute approximate surface area is 157 Å². The van der Waals surface area contributed by atoms with Crippen molar-refractivity contribution in [1.82, 2.24) is 0 Å². The van der Waals surface area contributed by atoms with Crippen LogP contribution in [0.1, 0.15) is 18.1 Å². The molecule has 25 heavy (non-hydrogen) atoms. The third-order valence-corrected chi connectivity index (χ3v) is 5.14. The van der Waals surface area contributed by atoms with Crippen LogP contribution in [0, 0.1) is 6.92 Å². The van der Waals surface area contributed by atoms with Crippen LogP contribution in [-0.4, -0.2) is 25.4 Å². The first-order valence-corrected chi connectivity index (χ1v) is 9.26. The zero-order valence-electron chi connectivity index (χ0n) is 14.8. The highest BCUT2D eigenvalue weighted by atomic mass is 35.5. The van der Waals surface area contributed by atoms with Crippen LogP contribution in [-0.2, 0) is 10.5 Å². The number of hydrogen-bond donors (Lipinski definition) is 1. The molecule has 2 aromatic rings. The molecule has 0 saturated carbocycles. The van der Waals surface area contributed by atoms with Gasteiger partial charge in [0.2, 0.25) is 5.91 Å². The average Bonchev–Trinajstić information content (AvgIpc) is 2.60. The minimum Gasteiger partial charge on any atom is -0.496 e. The van der Waals surface area contributed by atoms with Gasteiger partial charge < -0.3 is 14.8 Å². The molecule has 1 N–H and O–H groups in total. The number of rotatable bonds is 7. The van der Waals surface area contributed by atoms with Crippen LogP contribution >= 0.6 is 23.4 Å². The predicted molar refractivity (Wildman–Crippen MR) is 105 cm³/mol. The maximum atomic E-state index is 12.5. The van der Waals surface area contributed by atoms with Gasteiger partial charge in [-0.3, -0.25) is 4.79 Å². The summed E-state index contributed by atoms with van der Waals surface area (Å²) < 4.78 is 10.6. The van der Waals surface area contributed by atoms with E-state index in [9.17, 15) is 4.79 Å². The third-order valence-electron chi connectivity index (χ3n) is 3.71. The number of thioether (sulfide) groups is 1. The maximum absolute atomic E-state index is 12.5. The van der Waals surface area contributed by atoms with Crippen molar-refractivity contribution in [2.45, 2.75) is 24.9 Å². The standard InChI is InChI=1S/C19H22ClNO3S/c1-12-5-7-18(24-4)16(9-12)21-19(22)13(2)25-11-14-10-15(20)6-8-17(14)23-3/h5-10,13H,11H2,1-4H3,(H,21,22). The van der Waals surface area contributed by atoms with Gasteiger partial charge in [-0.15, -0.1) is 11.8 Å². The van der Waals surface area contributed by atoms with E-state index >= 15 is 0 Å². The van der Waals surface area contributed by atoms with E-state index in [2.05, 4.69) is 5.32 Å². The van der Waals surface area contributed by atoms with Gasteiger partial charge in [-0.2, -0.15) is 0 Å². The van der Waals surface area contributed by atoms with E-state index in [1.54, 1.807) is 20.3 Å². The lowest BCUT2D eigenvalue weighted by molar-refractivity contribution is -0.115. The Balaban J connectivity index is 2.02. The fourth-order valence-electron chi connectivity index (χ4n) is 2.30. The minimum absolute atomic E-state index is 0.0742. The number of carbonyl (C=O) groups excluding carboxylic acids is 1. The summed E-state index contributed by atoms with van der Waals surface area (Å²) in [5, 5.41) is 3.35. The molecule has 1 unspecified atom stereocenters. The second-order valence-corrected chi connectivity index (χ2v) is 7.37. The molecule has 0 bridgehead atoms. The van der Waals surface area contributed by atoms with Gasteiger partial charge in [0.25, 0.3) is 0 Å². The molecule has 0 saturated heterocycles. The Morgan fingerprint density at radius 3 is 2.52 bits per heavy atom. The number of benzene rings is 2. The van der Waals surface area contributed by atoms with E-state index in [0.717, 1.165) is 16.9 Å². The number of carbonyl (C=O) groups is 1. The highest BCUT2D eigenvalue weighted by Crippen LogP contribution is 2.30. The number of hydrogen-bond acceptors (Lipinski definition) is 4. The first-order valence-electron chi connectivity index (χ1n) is 7.84. The second kappa shape index (κ2) is 9.02. The monoisotopic (exact) mass is 379 g/mol. The van der Waals surface area contributed by atoms with Crippen molar-refractivity contribution in [3.8, 4) is 11.5 Å². The normalized spacial score (nSPS) is 11.7. The van der Waals surface area contributed by atoms with Crippen molar-refractivity contribution in [3.05, 3.63) is 52.5 Å². The molecule has 2 rings (SSSR count). The molecule has 0 aliphatic heterocycles. The van der Waals surface area contributed by atoms with Crippen LogP contribution in [0.25, 0.3) is 0 Å². The first-order chi connectivity index (χ1) is 11.9. The van der Waals surface area contributed by atoms with Crippen molar-refractivity contribution >= 4 is 35.0 Å². The van der Waals surface area contributed by atoms with Gasteiger partial charge in [-0.05, 0) is 49.7 Å². The molecule has 0 fully saturated rings. The smallest absolute Gasteiger partial charge is 0.237 e. The Bertz CT molecular complexity index is 751. The third kappa shape index (κ3) is 5.31.